The second kappa shape index (κ2) is 5.52. The number of imidazole rings is 1. The van der Waals surface area contributed by atoms with Gasteiger partial charge in [-0.3, -0.25) is 4.79 Å². The standard InChI is InChI=1S/C10H11N5O/c1-2-13-10(16)3-4-15-7-14-8(5-11)9(15)6-12/h7H,2-4H2,1H3,(H,13,16). The van der Waals surface area contributed by atoms with Crippen LogP contribution in [0.1, 0.15) is 24.7 Å². The molecule has 0 fully saturated rings. The summed E-state index contributed by atoms with van der Waals surface area (Å²) in [7, 11) is 0. The van der Waals surface area contributed by atoms with Gasteiger partial charge in [0.25, 0.3) is 0 Å². The van der Waals surface area contributed by atoms with Crippen LogP contribution in [-0.2, 0) is 11.3 Å². The van der Waals surface area contributed by atoms with Crippen LogP contribution in [0.4, 0.5) is 0 Å². The van der Waals surface area contributed by atoms with Gasteiger partial charge in [0, 0.05) is 19.5 Å². The highest BCUT2D eigenvalue weighted by molar-refractivity contribution is 5.75. The molecule has 1 amide bonds. The normalized spacial score (nSPS) is 9.19. The molecule has 0 atom stereocenters. The van der Waals surface area contributed by atoms with Crippen molar-refractivity contribution < 1.29 is 4.79 Å². The summed E-state index contributed by atoms with van der Waals surface area (Å²) in [6.45, 7) is 2.77. The number of aryl methyl sites for hydroxylation is 1. The number of hydrogen-bond acceptors (Lipinski definition) is 4. The SMILES string of the molecule is CCNC(=O)CCn1cnc(C#N)c1C#N. The smallest absolute Gasteiger partial charge is 0.221 e. The molecular weight excluding hydrogens is 206 g/mol. The van der Waals surface area contributed by atoms with Crippen molar-refractivity contribution in [3.05, 3.63) is 17.7 Å². The molecule has 1 aromatic rings. The lowest BCUT2D eigenvalue weighted by Gasteiger charge is -2.03. The van der Waals surface area contributed by atoms with E-state index in [1.54, 1.807) is 0 Å². The van der Waals surface area contributed by atoms with Crippen molar-refractivity contribution in [1.82, 2.24) is 14.9 Å². The largest absolute Gasteiger partial charge is 0.356 e. The Balaban J connectivity index is 2.69. The van der Waals surface area contributed by atoms with Gasteiger partial charge in [0.05, 0.1) is 6.33 Å². The van der Waals surface area contributed by atoms with E-state index in [4.69, 9.17) is 10.5 Å². The molecule has 0 saturated carbocycles. The summed E-state index contributed by atoms with van der Waals surface area (Å²) in [4.78, 5) is 15.0. The molecule has 1 N–H and O–H groups in total. The van der Waals surface area contributed by atoms with Crippen molar-refractivity contribution in [3.63, 3.8) is 0 Å². The molecule has 1 rings (SSSR count). The Hall–Kier alpha value is -2.34. The van der Waals surface area contributed by atoms with E-state index in [0.717, 1.165) is 0 Å². The maximum absolute atomic E-state index is 11.2. The number of carbonyl (C=O) groups excluding carboxylic acids is 1. The van der Waals surface area contributed by atoms with Gasteiger partial charge in [-0.25, -0.2) is 4.98 Å². The minimum Gasteiger partial charge on any atom is -0.356 e. The molecule has 0 aliphatic rings. The molecule has 0 saturated heterocycles. The molecule has 0 unspecified atom stereocenters. The second-order valence-corrected chi connectivity index (χ2v) is 3.06. The number of nitriles is 2. The van der Waals surface area contributed by atoms with Gasteiger partial charge in [0.15, 0.2) is 11.4 Å². The Labute approximate surface area is 93.1 Å². The molecule has 0 radical (unpaired) electrons. The van der Waals surface area contributed by atoms with Crippen molar-refractivity contribution in [1.29, 1.82) is 10.5 Å². The van der Waals surface area contributed by atoms with Crippen LogP contribution in [0.15, 0.2) is 6.33 Å². The van der Waals surface area contributed by atoms with Gasteiger partial charge < -0.3 is 9.88 Å². The van der Waals surface area contributed by atoms with Crippen molar-refractivity contribution in [2.45, 2.75) is 19.9 Å². The lowest BCUT2D eigenvalue weighted by molar-refractivity contribution is -0.121. The first-order valence-corrected chi connectivity index (χ1v) is 4.85. The number of amides is 1. The first kappa shape index (κ1) is 11.7. The minimum absolute atomic E-state index is 0.0846. The zero-order valence-corrected chi connectivity index (χ0v) is 8.90. The summed E-state index contributed by atoms with van der Waals surface area (Å²) in [5, 5.41) is 20.1. The van der Waals surface area contributed by atoms with E-state index >= 15 is 0 Å². The van der Waals surface area contributed by atoms with Gasteiger partial charge in [0.1, 0.15) is 12.1 Å². The van der Waals surface area contributed by atoms with Crippen molar-refractivity contribution >= 4 is 5.91 Å². The summed E-state index contributed by atoms with van der Waals surface area (Å²) in [6, 6.07) is 3.72. The van der Waals surface area contributed by atoms with Gasteiger partial charge in [-0.1, -0.05) is 0 Å². The average Bonchev–Trinajstić information content (AvgIpc) is 2.68. The number of hydrogen-bond donors (Lipinski definition) is 1. The molecule has 1 heterocycles. The molecule has 0 aliphatic heterocycles. The van der Waals surface area contributed by atoms with E-state index in [-0.39, 0.29) is 23.7 Å². The van der Waals surface area contributed by atoms with Crippen LogP contribution in [0.25, 0.3) is 0 Å². The van der Waals surface area contributed by atoms with E-state index in [0.29, 0.717) is 13.1 Å². The number of rotatable bonds is 4. The average molecular weight is 217 g/mol. The van der Waals surface area contributed by atoms with Crippen molar-refractivity contribution in [3.8, 4) is 12.1 Å². The van der Waals surface area contributed by atoms with Crippen LogP contribution in [0.5, 0.6) is 0 Å². The van der Waals surface area contributed by atoms with Crippen LogP contribution < -0.4 is 5.32 Å². The summed E-state index contributed by atoms with van der Waals surface area (Å²) in [5.74, 6) is -0.0846. The third kappa shape index (κ3) is 2.58. The van der Waals surface area contributed by atoms with Gasteiger partial charge >= 0.3 is 0 Å². The van der Waals surface area contributed by atoms with Crippen LogP contribution in [0.3, 0.4) is 0 Å². The zero-order chi connectivity index (χ0) is 12.0. The molecule has 0 bridgehead atoms. The fourth-order valence-electron chi connectivity index (χ4n) is 1.26. The first-order valence-electron chi connectivity index (χ1n) is 4.85. The van der Waals surface area contributed by atoms with E-state index in [2.05, 4.69) is 10.3 Å². The quantitative estimate of drug-likeness (QED) is 0.776. The Kier molecular flexibility index (Phi) is 4.05. The van der Waals surface area contributed by atoms with E-state index in [1.165, 1.54) is 10.9 Å². The molecule has 0 aliphatic carbocycles. The fraction of sp³-hybridized carbons (Fsp3) is 0.400. The van der Waals surface area contributed by atoms with E-state index in [9.17, 15) is 4.79 Å². The Bertz CT molecular complexity index is 463. The monoisotopic (exact) mass is 217 g/mol. The Morgan fingerprint density at radius 1 is 1.56 bits per heavy atom. The van der Waals surface area contributed by atoms with Crippen molar-refractivity contribution in [2.75, 3.05) is 6.54 Å². The second-order valence-electron chi connectivity index (χ2n) is 3.06. The number of nitrogens with one attached hydrogen (secondary N) is 1. The topological polar surface area (TPSA) is 94.5 Å². The lowest BCUT2D eigenvalue weighted by Crippen LogP contribution is -2.23. The van der Waals surface area contributed by atoms with Crippen LogP contribution in [-0.4, -0.2) is 22.0 Å². The summed E-state index contributed by atoms with van der Waals surface area (Å²) >= 11 is 0. The number of nitrogens with zero attached hydrogens (tertiary/aromatic N) is 4. The predicted molar refractivity (Wildman–Crippen MR) is 55.0 cm³/mol. The van der Waals surface area contributed by atoms with E-state index < -0.39 is 0 Å². The third-order valence-electron chi connectivity index (χ3n) is 2.00. The number of carbonyl (C=O) groups is 1. The highest BCUT2D eigenvalue weighted by Crippen LogP contribution is 2.05. The zero-order valence-electron chi connectivity index (χ0n) is 8.90. The minimum atomic E-state index is -0.0846. The van der Waals surface area contributed by atoms with Gasteiger partial charge in [-0.15, -0.1) is 0 Å². The summed E-state index contributed by atoms with van der Waals surface area (Å²) < 4.78 is 1.51. The molecule has 1 aromatic heterocycles. The lowest BCUT2D eigenvalue weighted by atomic mass is 10.3. The highest BCUT2D eigenvalue weighted by Gasteiger charge is 2.10. The van der Waals surface area contributed by atoms with Crippen LogP contribution in [0.2, 0.25) is 0 Å². The first-order chi connectivity index (χ1) is 7.72. The van der Waals surface area contributed by atoms with Crippen LogP contribution >= 0.6 is 0 Å². The predicted octanol–water partition coefficient (Wildman–Crippen LogP) is 0.153. The molecule has 16 heavy (non-hydrogen) atoms. The molecule has 0 aromatic carbocycles. The third-order valence-corrected chi connectivity index (χ3v) is 2.00. The summed E-state index contributed by atoms with van der Waals surface area (Å²) in [6.07, 6.45) is 1.67. The van der Waals surface area contributed by atoms with Gasteiger partial charge in [-0.2, -0.15) is 10.5 Å². The maximum atomic E-state index is 11.2. The molecule has 6 nitrogen and oxygen atoms in total. The molecule has 0 spiro atoms. The summed E-state index contributed by atoms with van der Waals surface area (Å²) in [5.41, 5.74) is 0.296. The van der Waals surface area contributed by atoms with Gasteiger partial charge in [-0.05, 0) is 6.92 Å². The van der Waals surface area contributed by atoms with Crippen LogP contribution in [0, 0.1) is 22.7 Å². The molecular formula is C10H11N5O. The Morgan fingerprint density at radius 2 is 2.31 bits per heavy atom. The number of aromatic nitrogens is 2. The Morgan fingerprint density at radius 3 is 2.88 bits per heavy atom. The highest BCUT2D eigenvalue weighted by atomic mass is 16.1. The fourth-order valence-corrected chi connectivity index (χ4v) is 1.26. The maximum Gasteiger partial charge on any atom is 0.221 e. The molecule has 82 valence electrons. The van der Waals surface area contributed by atoms with Gasteiger partial charge in [0.2, 0.25) is 5.91 Å². The van der Waals surface area contributed by atoms with Crippen molar-refractivity contribution in [2.24, 2.45) is 0 Å². The van der Waals surface area contributed by atoms with E-state index in [1.807, 2.05) is 19.1 Å². The molecule has 6 heteroatoms.